The number of aryl methyl sites for hydroxylation is 1. The predicted molar refractivity (Wildman–Crippen MR) is 127 cm³/mol. The van der Waals surface area contributed by atoms with Crippen molar-refractivity contribution in [2.45, 2.75) is 43.5 Å². The van der Waals surface area contributed by atoms with E-state index in [9.17, 15) is 27.3 Å². The Kier molecular flexibility index (Phi) is 6.79. The van der Waals surface area contributed by atoms with Gasteiger partial charge in [-0.25, -0.2) is 17.2 Å². The van der Waals surface area contributed by atoms with Crippen LogP contribution in [-0.2, 0) is 21.9 Å². The molecule has 0 atom stereocenters. The van der Waals surface area contributed by atoms with E-state index in [0.717, 1.165) is 0 Å². The molecule has 10 nitrogen and oxygen atoms in total. The number of amides is 1. The monoisotopic (exact) mass is 533 g/mol. The number of aromatic nitrogens is 4. The van der Waals surface area contributed by atoms with Gasteiger partial charge in [-0.1, -0.05) is 37.0 Å². The first-order valence-corrected chi connectivity index (χ1v) is 13.1. The zero-order chi connectivity index (χ0) is 26.3. The Hall–Kier alpha value is -3.46. The summed E-state index contributed by atoms with van der Waals surface area (Å²) in [6.45, 7) is 3.52. The van der Waals surface area contributed by atoms with Crippen LogP contribution in [0.4, 0.5) is 8.78 Å². The van der Waals surface area contributed by atoms with Crippen LogP contribution in [0, 0.1) is 29.1 Å². The molecule has 0 unspecified atom stereocenters. The molecule has 2 aromatic heterocycles. The zero-order valence-electron chi connectivity index (χ0n) is 19.5. The second-order valence-electron chi connectivity index (χ2n) is 8.56. The number of fused-ring (bicyclic) bond motifs is 1. The van der Waals surface area contributed by atoms with Crippen molar-refractivity contribution >= 4 is 38.2 Å². The van der Waals surface area contributed by atoms with Crippen molar-refractivity contribution in [3.05, 3.63) is 22.7 Å². The van der Waals surface area contributed by atoms with Gasteiger partial charge in [0.15, 0.2) is 10.0 Å². The first-order chi connectivity index (χ1) is 17.0. The lowest BCUT2D eigenvalue weighted by Crippen LogP contribution is -2.35. The molecule has 0 saturated heterocycles. The number of hydrogen-bond donors (Lipinski definition) is 2. The zero-order valence-corrected chi connectivity index (χ0v) is 21.1. The molecule has 1 fully saturated rings. The first-order valence-electron chi connectivity index (χ1n) is 10.8. The predicted octanol–water partition coefficient (Wildman–Crippen LogP) is 2.49. The van der Waals surface area contributed by atoms with E-state index >= 15 is 0 Å². The molecule has 4 rings (SSSR count). The maximum Gasteiger partial charge on any atom is 0.291 e. The fourth-order valence-corrected chi connectivity index (χ4v) is 5.50. The topological polar surface area (TPSA) is 143 Å². The van der Waals surface area contributed by atoms with E-state index in [4.69, 9.17) is 0 Å². The summed E-state index contributed by atoms with van der Waals surface area (Å²) in [4.78, 5) is 11.6. The average Bonchev–Trinajstić information content (AvgIpc) is 3.25. The van der Waals surface area contributed by atoms with Gasteiger partial charge in [-0.3, -0.25) is 9.48 Å². The van der Waals surface area contributed by atoms with Gasteiger partial charge in [-0.05, 0) is 25.0 Å². The van der Waals surface area contributed by atoms with Crippen LogP contribution in [-0.4, -0.2) is 46.4 Å². The summed E-state index contributed by atoms with van der Waals surface area (Å²) in [6.07, 6.45) is -2.02. The summed E-state index contributed by atoms with van der Waals surface area (Å²) >= 11 is 0.653. The molecular weight excluding hydrogens is 512 g/mol. The fourth-order valence-electron chi connectivity index (χ4n) is 3.37. The first kappa shape index (κ1) is 25.6. The molecule has 0 aliphatic heterocycles. The number of halogens is 2. The molecule has 2 N–H and O–H groups in total. The molecule has 0 radical (unpaired) electrons. The van der Waals surface area contributed by atoms with Gasteiger partial charge in [0, 0.05) is 18.4 Å². The van der Waals surface area contributed by atoms with E-state index in [1.807, 2.05) is 6.07 Å². The molecule has 14 heteroatoms. The number of rotatable bonds is 7. The average molecular weight is 534 g/mol. The summed E-state index contributed by atoms with van der Waals surface area (Å²) in [7, 11) is -2.53. The van der Waals surface area contributed by atoms with Gasteiger partial charge in [0.1, 0.15) is 11.2 Å². The second kappa shape index (κ2) is 9.54. The van der Waals surface area contributed by atoms with Crippen LogP contribution < -0.4 is 10.0 Å². The minimum absolute atomic E-state index is 0.0319. The molecule has 1 amide bonds. The summed E-state index contributed by atoms with van der Waals surface area (Å²) in [5.41, 5.74) is -0.245. The van der Waals surface area contributed by atoms with Gasteiger partial charge in [-0.2, -0.15) is 15.1 Å². The number of nitrogens with one attached hydrogen (secondary N) is 2. The molecule has 36 heavy (non-hydrogen) atoms. The van der Waals surface area contributed by atoms with Crippen LogP contribution in [0.5, 0.6) is 0 Å². The van der Waals surface area contributed by atoms with Gasteiger partial charge in [0.25, 0.3) is 6.43 Å². The Balaban J connectivity index is 1.84. The van der Waals surface area contributed by atoms with Gasteiger partial charge >= 0.3 is 0 Å². The molecule has 2 heterocycles. The lowest BCUT2D eigenvalue weighted by atomic mass is 10.1. The minimum Gasteiger partial charge on any atom is -0.345 e. The van der Waals surface area contributed by atoms with Crippen LogP contribution in [0.2, 0.25) is 0 Å². The third-order valence-corrected chi connectivity index (χ3v) is 7.90. The fraction of sp³-hybridized carbons (Fsp3) is 0.409. The van der Waals surface area contributed by atoms with Gasteiger partial charge in [-0.15, -0.1) is 10.2 Å². The maximum atomic E-state index is 13.2. The Labute approximate surface area is 209 Å². The van der Waals surface area contributed by atoms with E-state index in [-0.39, 0.29) is 39.5 Å². The number of alkyl halides is 2. The van der Waals surface area contributed by atoms with Gasteiger partial charge in [0.2, 0.25) is 15.9 Å². The third-order valence-electron chi connectivity index (χ3n) is 5.44. The molecule has 188 valence electrons. The number of nitrogens with zero attached hydrogens (tertiary/aromatic N) is 5. The molecule has 1 saturated carbocycles. The summed E-state index contributed by atoms with van der Waals surface area (Å²) in [5, 5.41) is 23.6. The minimum atomic E-state index is -4.13. The molecule has 1 aliphatic carbocycles. The van der Waals surface area contributed by atoms with E-state index in [2.05, 4.69) is 37.2 Å². The van der Waals surface area contributed by atoms with Crippen LogP contribution in [0.1, 0.15) is 43.7 Å². The highest BCUT2D eigenvalue weighted by molar-refractivity contribution is 7.89. The third kappa shape index (κ3) is 5.06. The van der Waals surface area contributed by atoms with Gasteiger partial charge < -0.3 is 5.32 Å². The van der Waals surface area contributed by atoms with Crippen LogP contribution in [0.15, 0.2) is 17.0 Å². The number of sulfonamides is 1. The van der Waals surface area contributed by atoms with Crippen molar-refractivity contribution in [2.24, 2.45) is 13.0 Å². The SMILES string of the molecule is CC(C)C(=O)NCC#Cc1cc(S(=O)(=O)NC2(C#N)CC2)cc2c(-c3nnc(C(F)F)s3)nn(C)c12. The van der Waals surface area contributed by atoms with E-state index in [1.54, 1.807) is 20.9 Å². The number of carbonyl (C=O) groups excluding carboxylic acids is 1. The van der Waals surface area contributed by atoms with Crippen molar-refractivity contribution in [3.8, 4) is 28.6 Å². The van der Waals surface area contributed by atoms with Crippen LogP contribution in [0.3, 0.4) is 0 Å². The number of hydrogen-bond acceptors (Lipinski definition) is 8. The lowest BCUT2D eigenvalue weighted by molar-refractivity contribution is -0.123. The molecular formula is C22H21F2N7O3S2. The lowest BCUT2D eigenvalue weighted by Gasteiger charge is -2.11. The molecule has 1 aliphatic rings. The van der Waals surface area contributed by atoms with Crippen molar-refractivity contribution < 1.29 is 22.0 Å². The van der Waals surface area contributed by atoms with E-state index < -0.39 is 27.0 Å². The summed E-state index contributed by atoms with van der Waals surface area (Å²) in [5.74, 6) is 5.28. The Morgan fingerprint density at radius 2 is 2.03 bits per heavy atom. The Bertz CT molecular complexity index is 1560. The van der Waals surface area contributed by atoms with Crippen molar-refractivity contribution in [3.63, 3.8) is 0 Å². The molecule has 0 spiro atoms. The normalized spacial score (nSPS) is 14.5. The molecule has 1 aromatic carbocycles. The highest BCUT2D eigenvalue weighted by atomic mass is 32.2. The summed E-state index contributed by atoms with van der Waals surface area (Å²) in [6, 6.07) is 4.69. The maximum absolute atomic E-state index is 13.2. The van der Waals surface area contributed by atoms with E-state index in [1.165, 1.54) is 16.8 Å². The Morgan fingerprint density at radius 3 is 2.61 bits per heavy atom. The second-order valence-corrected chi connectivity index (χ2v) is 11.3. The van der Waals surface area contributed by atoms with Crippen LogP contribution >= 0.6 is 11.3 Å². The van der Waals surface area contributed by atoms with Gasteiger partial charge in [0.05, 0.1) is 28.6 Å². The molecule has 0 bridgehead atoms. The van der Waals surface area contributed by atoms with Crippen molar-refractivity contribution in [1.29, 1.82) is 5.26 Å². The highest BCUT2D eigenvalue weighted by Gasteiger charge is 2.47. The smallest absolute Gasteiger partial charge is 0.291 e. The number of carbonyl (C=O) groups is 1. The largest absolute Gasteiger partial charge is 0.345 e. The number of benzene rings is 1. The molecule has 3 aromatic rings. The van der Waals surface area contributed by atoms with Crippen molar-refractivity contribution in [1.82, 2.24) is 30.0 Å². The standard InChI is InChI=1S/C22H21F2N7O3S2/c1-12(2)19(32)26-8-4-5-13-9-14(36(33,34)30-22(11-25)6-7-22)10-15-16(29-31(3)17(13)15)20-27-28-21(35-20)18(23)24/h9-10,12,18,30H,6-8H2,1-3H3,(H,26,32). The Morgan fingerprint density at radius 1 is 1.31 bits per heavy atom. The van der Waals surface area contributed by atoms with E-state index in [0.29, 0.717) is 35.1 Å². The number of nitriles is 1. The van der Waals surface area contributed by atoms with Crippen LogP contribution in [0.25, 0.3) is 21.6 Å². The highest BCUT2D eigenvalue weighted by Crippen LogP contribution is 2.38. The summed E-state index contributed by atoms with van der Waals surface area (Å²) < 4.78 is 56.4. The van der Waals surface area contributed by atoms with Crippen molar-refractivity contribution in [2.75, 3.05) is 6.54 Å². The quantitative estimate of drug-likeness (QED) is 0.444.